The van der Waals surface area contributed by atoms with Crippen molar-refractivity contribution in [3.05, 3.63) is 70.7 Å². The van der Waals surface area contributed by atoms with Gasteiger partial charge in [0.05, 0.1) is 12.5 Å². The van der Waals surface area contributed by atoms with E-state index in [1.165, 1.54) is 16.3 Å². The predicted octanol–water partition coefficient (Wildman–Crippen LogP) is 5.10. The van der Waals surface area contributed by atoms with Gasteiger partial charge in [0.2, 0.25) is 0 Å². The van der Waals surface area contributed by atoms with Crippen molar-refractivity contribution in [1.29, 1.82) is 0 Å². The van der Waals surface area contributed by atoms with Crippen LogP contribution >= 0.6 is 11.6 Å². The highest BCUT2D eigenvalue weighted by Crippen LogP contribution is 2.53. The number of ether oxygens (including phenoxy) is 2. The predicted molar refractivity (Wildman–Crippen MR) is 87.0 cm³/mol. The first-order valence-electron chi connectivity index (χ1n) is 7.42. The standard InChI is InChI=1S/C19H13ClO2/c20-12-6-8-16-14(9-12)19-15(10-21-16)18-13-4-2-1-3-11(13)5-7-17(18)22-19/h1-9,15,19H,10H2/t15-,19-/m1/s1. The quantitative estimate of drug-likeness (QED) is 0.575. The minimum absolute atomic E-state index is 0.0109. The summed E-state index contributed by atoms with van der Waals surface area (Å²) in [5.74, 6) is 2.06. The molecule has 3 aromatic carbocycles. The first-order valence-corrected chi connectivity index (χ1v) is 7.79. The van der Waals surface area contributed by atoms with Gasteiger partial charge in [0.25, 0.3) is 0 Å². The fourth-order valence-electron chi connectivity index (χ4n) is 3.63. The van der Waals surface area contributed by atoms with Crippen LogP contribution in [0.4, 0.5) is 0 Å². The Morgan fingerprint density at radius 1 is 0.955 bits per heavy atom. The van der Waals surface area contributed by atoms with Gasteiger partial charge >= 0.3 is 0 Å². The van der Waals surface area contributed by atoms with Gasteiger partial charge in [-0.25, -0.2) is 0 Å². The summed E-state index contributed by atoms with van der Waals surface area (Å²) < 4.78 is 12.2. The summed E-state index contributed by atoms with van der Waals surface area (Å²) in [4.78, 5) is 0. The van der Waals surface area contributed by atoms with Crippen LogP contribution in [0.3, 0.4) is 0 Å². The number of hydrogen-bond acceptors (Lipinski definition) is 2. The Morgan fingerprint density at radius 3 is 2.77 bits per heavy atom. The summed E-state index contributed by atoms with van der Waals surface area (Å²) in [5.41, 5.74) is 2.30. The Hall–Kier alpha value is -2.19. The summed E-state index contributed by atoms with van der Waals surface area (Å²) in [5, 5.41) is 3.20. The Balaban J connectivity index is 1.72. The third-order valence-electron chi connectivity index (χ3n) is 4.62. The first kappa shape index (κ1) is 12.4. The van der Waals surface area contributed by atoms with Gasteiger partial charge in [-0.05, 0) is 35.0 Å². The van der Waals surface area contributed by atoms with Gasteiger partial charge in [-0.15, -0.1) is 0 Å². The largest absolute Gasteiger partial charge is 0.492 e. The maximum Gasteiger partial charge on any atom is 0.138 e. The maximum atomic E-state index is 6.26. The molecule has 0 aromatic heterocycles. The van der Waals surface area contributed by atoms with Crippen molar-refractivity contribution in [3.63, 3.8) is 0 Å². The van der Waals surface area contributed by atoms with Crippen molar-refractivity contribution in [3.8, 4) is 11.5 Å². The summed E-state index contributed by atoms with van der Waals surface area (Å²) in [6, 6.07) is 18.4. The Labute approximate surface area is 133 Å². The Morgan fingerprint density at radius 2 is 1.82 bits per heavy atom. The lowest BCUT2D eigenvalue weighted by Crippen LogP contribution is -2.23. The van der Waals surface area contributed by atoms with Gasteiger partial charge in [0.15, 0.2) is 0 Å². The summed E-state index contributed by atoms with van der Waals surface area (Å²) in [6.45, 7) is 0.639. The lowest BCUT2D eigenvalue weighted by atomic mass is 9.87. The minimum atomic E-state index is -0.0109. The van der Waals surface area contributed by atoms with Gasteiger partial charge in [-0.3, -0.25) is 0 Å². The van der Waals surface area contributed by atoms with E-state index in [1.807, 2.05) is 18.2 Å². The van der Waals surface area contributed by atoms with Crippen molar-refractivity contribution >= 4 is 22.4 Å². The van der Waals surface area contributed by atoms with Gasteiger partial charge < -0.3 is 9.47 Å². The van der Waals surface area contributed by atoms with E-state index in [2.05, 4.69) is 36.4 Å². The zero-order chi connectivity index (χ0) is 14.7. The van der Waals surface area contributed by atoms with Crippen molar-refractivity contribution in [2.24, 2.45) is 0 Å². The van der Waals surface area contributed by atoms with E-state index < -0.39 is 0 Å². The van der Waals surface area contributed by atoms with Crippen LogP contribution < -0.4 is 9.47 Å². The van der Waals surface area contributed by atoms with E-state index in [1.54, 1.807) is 0 Å². The molecule has 108 valence electrons. The topological polar surface area (TPSA) is 18.5 Å². The van der Waals surface area contributed by atoms with Crippen molar-refractivity contribution in [2.45, 2.75) is 12.0 Å². The maximum absolute atomic E-state index is 6.26. The number of hydrogen-bond donors (Lipinski definition) is 0. The van der Waals surface area contributed by atoms with E-state index in [-0.39, 0.29) is 12.0 Å². The fraction of sp³-hybridized carbons (Fsp3) is 0.158. The average Bonchev–Trinajstić information content (AvgIpc) is 2.94. The van der Waals surface area contributed by atoms with E-state index in [9.17, 15) is 0 Å². The van der Waals surface area contributed by atoms with Gasteiger partial charge in [0.1, 0.15) is 17.6 Å². The monoisotopic (exact) mass is 308 g/mol. The molecule has 0 aliphatic carbocycles. The summed E-state index contributed by atoms with van der Waals surface area (Å²) >= 11 is 6.16. The van der Waals surface area contributed by atoms with Crippen LogP contribution in [-0.4, -0.2) is 6.61 Å². The van der Waals surface area contributed by atoms with Crippen molar-refractivity contribution in [2.75, 3.05) is 6.61 Å². The molecule has 0 fully saturated rings. The SMILES string of the molecule is Clc1ccc2c(c1)[C@H]1Oc3ccc4ccccc4c3[C@H]1CO2. The molecule has 2 aliphatic heterocycles. The third-order valence-corrected chi connectivity index (χ3v) is 4.85. The highest BCUT2D eigenvalue weighted by Gasteiger charge is 2.41. The third kappa shape index (κ3) is 1.62. The van der Waals surface area contributed by atoms with E-state index in [4.69, 9.17) is 21.1 Å². The van der Waals surface area contributed by atoms with Crippen molar-refractivity contribution in [1.82, 2.24) is 0 Å². The molecule has 22 heavy (non-hydrogen) atoms. The smallest absolute Gasteiger partial charge is 0.138 e. The molecule has 2 heterocycles. The molecule has 0 amide bonds. The average molecular weight is 309 g/mol. The molecule has 0 saturated carbocycles. The van der Waals surface area contributed by atoms with Crippen LogP contribution in [0.15, 0.2) is 54.6 Å². The molecule has 0 unspecified atom stereocenters. The molecule has 5 rings (SSSR count). The van der Waals surface area contributed by atoms with E-state index in [0.717, 1.165) is 17.1 Å². The second-order valence-electron chi connectivity index (χ2n) is 5.84. The lowest BCUT2D eigenvalue weighted by molar-refractivity contribution is 0.140. The van der Waals surface area contributed by atoms with Gasteiger partial charge in [0, 0.05) is 16.1 Å². The zero-order valence-corrected chi connectivity index (χ0v) is 12.5. The molecule has 0 saturated heterocycles. The molecule has 0 bridgehead atoms. The van der Waals surface area contributed by atoms with Crippen LogP contribution in [0.25, 0.3) is 10.8 Å². The Kier molecular flexibility index (Phi) is 2.47. The number of halogens is 1. The highest BCUT2D eigenvalue weighted by atomic mass is 35.5. The van der Waals surface area contributed by atoms with Crippen LogP contribution in [-0.2, 0) is 0 Å². The van der Waals surface area contributed by atoms with Gasteiger partial charge in [-0.2, -0.15) is 0 Å². The summed E-state index contributed by atoms with van der Waals surface area (Å²) in [7, 11) is 0. The molecule has 3 heteroatoms. The van der Waals surface area contributed by atoms with Crippen molar-refractivity contribution < 1.29 is 9.47 Å². The summed E-state index contributed by atoms with van der Waals surface area (Å²) in [6.07, 6.45) is -0.0109. The number of rotatable bonds is 0. The van der Waals surface area contributed by atoms with Crippen LogP contribution in [0.5, 0.6) is 11.5 Å². The highest BCUT2D eigenvalue weighted by molar-refractivity contribution is 6.30. The van der Waals surface area contributed by atoms with Crippen LogP contribution in [0.1, 0.15) is 23.1 Å². The second kappa shape index (κ2) is 4.40. The Bertz CT molecular complexity index is 903. The number of fused-ring (bicyclic) bond motifs is 7. The normalized spacial score (nSPS) is 21.5. The molecular weight excluding hydrogens is 296 g/mol. The van der Waals surface area contributed by atoms with Crippen LogP contribution in [0.2, 0.25) is 5.02 Å². The van der Waals surface area contributed by atoms with Crippen LogP contribution in [0, 0.1) is 0 Å². The van der Waals surface area contributed by atoms with E-state index >= 15 is 0 Å². The molecule has 2 nitrogen and oxygen atoms in total. The van der Waals surface area contributed by atoms with Gasteiger partial charge in [-0.1, -0.05) is 41.9 Å². The molecule has 0 N–H and O–H groups in total. The molecule has 2 atom stereocenters. The molecule has 0 radical (unpaired) electrons. The molecular formula is C19H13ClO2. The van der Waals surface area contributed by atoms with E-state index in [0.29, 0.717) is 11.6 Å². The minimum Gasteiger partial charge on any atom is -0.492 e. The second-order valence-corrected chi connectivity index (χ2v) is 6.27. The lowest BCUT2D eigenvalue weighted by Gasteiger charge is -2.28. The molecule has 2 aliphatic rings. The number of benzene rings is 3. The molecule has 3 aromatic rings. The fourth-order valence-corrected chi connectivity index (χ4v) is 3.82. The first-order chi connectivity index (χ1) is 10.8. The molecule has 0 spiro atoms. The zero-order valence-electron chi connectivity index (χ0n) is 11.8.